The number of halogens is 1. The van der Waals surface area contributed by atoms with E-state index < -0.39 is 0 Å². The maximum absolute atomic E-state index is 14.4. The highest BCUT2D eigenvalue weighted by Crippen LogP contribution is 2.39. The molecule has 0 radical (unpaired) electrons. The smallest absolute Gasteiger partial charge is 0.294 e. The second-order valence-corrected chi connectivity index (χ2v) is 11.3. The molecular weight excluding hydrogens is 560 g/mol. The predicted octanol–water partition coefficient (Wildman–Crippen LogP) is 6.83. The first kappa shape index (κ1) is 27.3. The van der Waals surface area contributed by atoms with Crippen LogP contribution in [0.2, 0.25) is 5.02 Å². The molecule has 0 unspecified atom stereocenters. The number of carbonyl (C=O) groups excluding carboxylic acids is 1. The van der Waals surface area contributed by atoms with Crippen LogP contribution in [0.5, 0.6) is 5.75 Å². The predicted molar refractivity (Wildman–Crippen MR) is 170 cm³/mol. The number of benzene rings is 3. The molecule has 5 aromatic rings. The molecule has 1 N–H and O–H groups in total. The van der Waals surface area contributed by atoms with Crippen LogP contribution in [0.25, 0.3) is 22.5 Å². The summed E-state index contributed by atoms with van der Waals surface area (Å²) in [5.41, 5.74) is 7.70. The zero-order chi connectivity index (χ0) is 29.3. The Morgan fingerprint density at radius 2 is 1.77 bits per heavy atom. The largest absolute Gasteiger partial charge is 0.496 e. The van der Waals surface area contributed by atoms with E-state index in [4.69, 9.17) is 20.8 Å². The van der Waals surface area contributed by atoms with Crippen LogP contribution in [0.4, 0.5) is 11.4 Å². The number of fused-ring (bicyclic) bond motifs is 2. The Bertz CT molecular complexity index is 1790. The summed E-state index contributed by atoms with van der Waals surface area (Å²) in [6.45, 7) is 4.14. The van der Waals surface area contributed by atoms with Crippen molar-refractivity contribution in [2.75, 3.05) is 43.1 Å². The number of nitrogens with zero attached hydrogens (tertiary/aromatic N) is 3. The van der Waals surface area contributed by atoms with Gasteiger partial charge in [0.1, 0.15) is 11.5 Å². The number of hydrogen-bond donors (Lipinski definition) is 1. The minimum atomic E-state index is -0.170. The van der Waals surface area contributed by atoms with Crippen molar-refractivity contribution in [3.05, 3.63) is 119 Å². The minimum absolute atomic E-state index is 0.170. The summed E-state index contributed by atoms with van der Waals surface area (Å²) in [7, 11) is 1.66. The van der Waals surface area contributed by atoms with Crippen LogP contribution >= 0.6 is 11.6 Å². The normalized spacial score (nSPS) is 14.7. The minimum Gasteiger partial charge on any atom is -0.496 e. The molecule has 1 saturated heterocycles. The third-order valence-corrected chi connectivity index (χ3v) is 8.48. The van der Waals surface area contributed by atoms with E-state index in [0.717, 1.165) is 76.7 Å². The molecule has 3 aromatic carbocycles. The monoisotopic (exact) mass is 590 g/mol. The van der Waals surface area contributed by atoms with Gasteiger partial charge < -0.3 is 24.3 Å². The molecule has 4 heterocycles. The summed E-state index contributed by atoms with van der Waals surface area (Å²) < 4.78 is 12.0. The lowest BCUT2D eigenvalue weighted by Crippen LogP contribution is -2.43. The summed E-state index contributed by atoms with van der Waals surface area (Å²) >= 11 is 6.14. The zero-order valence-corrected chi connectivity index (χ0v) is 24.6. The van der Waals surface area contributed by atoms with E-state index in [1.54, 1.807) is 19.5 Å². The molecule has 1 fully saturated rings. The van der Waals surface area contributed by atoms with E-state index in [1.165, 1.54) is 0 Å². The molecule has 0 bridgehead atoms. The van der Waals surface area contributed by atoms with Gasteiger partial charge in [-0.25, -0.2) is 0 Å². The van der Waals surface area contributed by atoms with Gasteiger partial charge in [0.05, 0.1) is 13.7 Å². The number of piperazine rings is 1. The first-order valence-electron chi connectivity index (χ1n) is 14.4. The number of pyridine rings is 1. The van der Waals surface area contributed by atoms with Gasteiger partial charge >= 0.3 is 0 Å². The Morgan fingerprint density at radius 1 is 0.953 bits per heavy atom. The first-order chi connectivity index (χ1) is 21.1. The van der Waals surface area contributed by atoms with Gasteiger partial charge in [0.15, 0.2) is 5.76 Å². The second-order valence-electron chi connectivity index (χ2n) is 10.8. The zero-order valence-electron chi connectivity index (χ0n) is 23.8. The van der Waals surface area contributed by atoms with Crippen molar-refractivity contribution in [1.29, 1.82) is 0 Å². The van der Waals surface area contributed by atoms with Crippen molar-refractivity contribution >= 4 is 28.9 Å². The number of furan rings is 1. The van der Waals surface area contributed by atoms with Crippen molar-refractivity contribution < 1.29 is 13.9 Å². The van der Waals surface area contributed by atoms with Crippen molar-refractivity contribution in [1.82, 2.24) is 10.3 Å². The van der Waals surface area contributed by atoms with Crippen LogP contribution in [-0.4, -0.2) is 44.2 Å². The van der Waals surface area contributed by atoms with E-state index in [0.29, 0.717) is 29.5 Å². The Labute approximate surface area is 255 Å². The average molecular weight is 591 g/mol. The molecule has 0 aliphatic carbocycles. The summed E-state index contributed by atoms with van der Waals surface area (Å²) in [4.78, 5) is 23.0. The number of methoxy groups -OCH3 is 1. The summed E-state index contributed by atoms with van der Waals surface area (Å²) in [6.07, 6.45) is 4.10. The van der Waals surface area contributed by atoms with Crippen molar-refractivity contribution in [2.45, 2.75) is 13.0 Å². The molecular formula is C35H31ClN4O3. The molecule has 7 nitrogen and oxygen atoms in total. The fraction of sp³-hybridized carbons (Fsp3) is 0.200. The number of hydrogen-bond acceptors (Lipinski definition) is 6. The molecule has 1 amide bonds. The van der Waals surface area contributed by atoms with E-state index in [2.05, 4.69) is 39.5 Å². The summed E-state index contributed by atoms with van der Waals surface area (Å²) in [6, 6.07) is 25.9. The third-order valence-electron chi connectivity index (χ3n) is 8.23. The molecule has 0 spiro atoms. The maximum Gasteiger partial charge on any atom is 0.294 e. The molecule has 7 rings (SSSR count). The van der Waals surface area contributed by atoms with E-state index in [9.17, 15) is 4.79 Å². The van der Waals surface area contributed by atoms with Crippen molar-refractivity contribution in [2.24, 2.45) is 0 Å². The number of carbonyl (C=O) groups is 1. The molecule has 2 aromatic heterocycles. The van der Waals surface area contributed by atoms with Crippen LogP contribution < -0.4 is 19.9 Å². The van der Waals surface area contributed by atoms with Gasteiger partial charge in [-0.15, -0.1) is 0 Å². The third kappa shape index (κ3) is 5.26. The summed E-state index contributed by atoms with van der Waals surface area (Å²) in [5, 5.41) is 4.08. The number of nitrogens with one attached hydrogen (secondary N) is 1. The molecule has 216 valence electrons. The lowest BCUT2D eigenvalue weighted by atomic mass is 9.99. The lowest BCUT2D eigenvalue weighted by Gasteiger charge is -2.31. The van der Waals surface area contributed by atoms with Gasteiger partial charge in [0.2, 0.25) is 0 Å². The van der Waals surface area contributed by atoms with Crippen LogP contribution in [0.1, 0.15) is 27.2 Å². The van der Waals surface area contributed by atoms with E-state index >= 15 is 0 Å². The molecule has 43 heavy (non-hydrogen) atoms. The Balaban J connectivity index is 1.34. The first-order valence-corrected chi connectivity index (χ1v) is 14.8. The fourth-order valence-corrected chi connectivity index (χ4v) is 6.17. The molecule has 0 saturated carbocycles. The van der Waals surface area contributed by atoms with Crippen molar-refractivity contribution in [3.8, 4) is 28.2 Å². The fourth-order valence-electron chi connectivity index (χ4n) is 6.04. The van der Waals surface area contributed by atoms with Crippen LogP contribution in [0, 0.1) is 0 Å². The number of rotatable bonds is 6. The average Bonchev–Trinajstić information content (AvgIpc) is 3.44. The maximum atomic E-state index is 14.4. The van der Waals surface area contributed by atoms with Gasteiger partial charge in [0, 0.05) is 78.1 Å². The molecule has 0 atom stereocenters. The lowest BCUT2D eigenvalue weighted by molar-refractivity contribution is 0.0959. The number of aromatic nitrogens is 1. The van der Waals surface area contributed by atoms with Crippen LogP contribution in [0.3, 0.4) is 0 Å². The van der Waals surface area contributed by atoms with Gasteiger partial charge in [-0.2, -0.15) is 0 Å². The molecule has 2 aliphatic rings. The standard InChI is InChI=1S/C35H31ClN4O3/c1-42-32-12-13-38-21-30(32)29-5-3-2-4-24(29)22-40-31-11-10-28(39-16-14-37-15-17-39)19-25(31)18-26-20-33(43-34(26)35(40)41)23-6-8-27(36)9-7-23/h2-13,19-21,37H,14-18,22H2,1H3. The number of anilines is 2. The van der Waals surface area contributed by atoms with Gasteiger partial charge in [-0.3, -0.25) is 9.78 Å². The number of ether oxygens (including phenoxy) is 1. The Kier molecular flexibility index (Phi) is 7.35. The summed E-state index contributed by atoms with van der Waals surface area (Å²) in [5.74, 6) is 1.57. The molecule has 8 heteroatoms. The highest BCUT2D eigenvalue weighted by molar-refractivity contribution is 6.30. The Hall–Kier alpha value is -4.59. The topological polar surface area (TPSA) is 70.8 Å². The quantitative estimate of drug-likeness (QED) is 0.234. The van der Waals surface area contributed by atoms with Gasteiger partial charge in [-0.1, -0.05) is 35.9 Å². The SMILES string of the molecule is COc1ccncc1-c1ccccc1CN1C(=O)c2oc(-c3ccc(Cl)cc3)cc2Cc2cc(N3CCNCC3)ccc21. The van der Waals surface area contributed by atoms with Crippen molar-refractivity contribution in [3.63, 3.8) is 0 Å². The highest BCUT2D eigenvalue weighted by atomic mass is 35.5. The van der Waals surface area contributed by atoms with E-state index in [-0.39, 0.29) is 5.91 Å². The van der Waals surface area contributed by atoms with E-state index in [1.807, 2.05) is 59.5 Å². The Morgan fingerprint density at radius 3 is 2.58 bits per heavy atom. The van der Waals surface area contributed by atoms with Crippen LogP contribution in [0.15, 0.2) is 95.7 Å². The number of amides is 1. The van der Waals surface area contributed by atoms with Crippen LogP contribution in [-0.2, 0) is 13.0 Å². The highest BCUT2D eigenvalue weighted by Gasteiger charge is 2.32. The second kappa shape index (κ2) is 11.6. The van der Waals surface area contributed by atoms with Gasteiger partial charge in [-0.05, 0) is 71.3 Å². The van der Waals surface area contributed by atoms with Gasteiger partial charge in [0.25, 0.3) is 5.91 Å². The molecule has 2 aliphatic heterocycles.